The Morgan fingerprint density at radius 3 is 2.69 bits per heavy atom. The second-order valence-electron chi connectivity index (χ2n) is 2.74. The van der Waals surface area contributed by atoms with Gasteiger partial charge in [-0.2, -0.15) is 0 Å². The SMILES string of the molecule is Fc1ccccc1CC=CCCBr. The van der Waals surface area contributed by atoms with Crippen LogP contribution in [0.4, 0.5) is 4.39 Å². The van der Waals surface area contributed by atoms with E-state index in [2.05, 4.69) is 22.0 Å². The first-order chi connectivity index (χ1) is 6.34. The van der Waals surface area contributed by atoms with Crippen molar-refractivity contribution in [3.8, 4) is 0 Å². The van der Waals surface area contributed by atoms with Crippen molar-refractivity contribution in [1.82, 2.24) is 0 Å². The van der Waals surface area contributed by atoms with Crippen molar-refractivity contribution in [2.24, 2.45) is 0 Å². The molecular weight excluding hydrogens is 231 g/mol. The normalized spacial score (nSPS) is 10.9. The molecule has 13 heavy (non-hydrogen) atoms. The molecule has 1 rings (SSSR count). The van der Waals surface area contributed by atoms with Crippen molar-refractivity contribution < 1.29 is 4.39 Å². The minimum absolute atomic E-state index is 0.119. The number of benzene rings is 1. The van der Waals surface area contributed by atoms with Gasteiger partial charge in [0, 0.05) is 5.33 Å². The van der Waals surface area contributed by atoms with Gasteiger partial charge in [0.15, 0.2) is 0 Å². The Morgan fingerprint density at radius 1 is 1.23 bits per heavy atom. The highest BCUT2D eigenvalue weighted by Crippen LogP contribution is 2.07. The predicted molar refractivity (Wildman–Crippen MR) is 57.7 cm³/mol. The zero-order valence-corrected chi connectivity index (χ0v) is 8.93. The largest absolute Gasteiger partial charge is 0.207 e. The first kappa shape index (κ1) is 10.5. The van der Waals surface area contributed by atoms with Crippen molar-refractivity contribution in [1.29, 1.82) is 0 Å². The lowest BCUT2D eigenvalue weighted by molar-refractivity contribution is 0.615. The molecule has 0 radical (unpaired) electrons. The molecule has 0 aromatic heterocycles. The number of halogens is 2. The van der Waals surface area contributed by atoms with Gasteiger partial charge in [0.25, 0.3) is 0 Å². The first-order valence-electron chi connectivity index (χ1n) is 4.29. The third-order valence-corrected chi connectivity index (χ3v) is 2.20. The van der Waals surface area contributed by atoms with Gasteiger partial charge in [-0.25, -0.2) is 4.39 Å². The third-order valence-electron chi connectivity index (χ3n) is 1.74. The summed E-state index contributed by atoms with van der Waals surface area (Å²) in [6.07, 6.45) is 5.73. The van der Waals surface area contributed by atoms with E-state index in [9.17, 15) is 4.39 Å². The molecule has 0 spiro atoms. The number of allylic oxidation sites excluding steroid dienone is 2. The van der Waals surface area contributed by atoms with Crippen LogP contribution in [-0.2, 0) is 6.42 Å². The summed E-state index contributed by atoms with van der Waals surface area (Å²) in [5, 5.41) is 0.959. The molecule has 1 aromatic rings. The van der Waals surface area contributed by atoms with E-state index >= 15 is 0 Å². The highest BCUT2D eigenvalue weighted by atomic mass is 79.9. The Hall–Kier alpha value is -0.630. The molecule has 0 aliphatic rings. The Morgan fingerprint density at radius 2 is 2.00 bits per heavy atom. The van der Waals surface area contributed by atoms with Gasteiger partial charge in [-0.05, 0) is 24.5 Å². The van der Waals surface area contributed by atoms with Crippen LogP contribution in [0.5, 0.6) is 0 Å². The van der Waals surface area contributed by atoms with E-state index in [1.165, 1.54) is 6.07 Å². The molecule has 0 atom stereocenters. The lowest BCUT2D eigenvalue weighted by Crippen LogP contribution is -1.86. The van der Waals surface area contributed by atoms with E-state index in [0.29, 0.717) is 6.42 Å². The van der Waals surface area contributed by atoms with Gasteiger partial charge in [-0.15, -0.1) is 0 Å². The van der Waals surface area contributed by atoms with Gasteiger partial charge in [0.2, 0.25) is 0 Å². The monoisotopic (exact) mass is 242 g/mol. The Balaban J connectivity index is 2.49. The Labute approximate surface area is 86.6 Å². The molecule has 0 nitrogen and oxygen atoms in total. The van der Waals surface area contributed by atoms with Gasteiger partial charge >= 0.3 is 0 Å². The number of hydrogen-bond acceptors (Lipinski definition) is 0. The summed E-state index contributed by atoms with van der Waals surface area (Å²) in [6.45, 7) is 0. The van der Waals surface area contributed by atoms with E-state index in [1.54, 1.807) is 6.07 Å². The van der Waals surface area contributed by atoms with E-state index < -0.39 is 0 Å². The Kier molecular flexibility index (Phi) is 4.76. The van der Waals surface area contributed by atoms with Crippen LogP contribution in [0.15, 0.2) is 36.4 Å². The van der Waals surface area contributed by atoms with Crippen molar-refractivity contribution in [2.45, 2.75) is 12.8 Å². The Bertz CT molecular complexity index is 281. The van der Waals surface area contributed by atoms with Gasteiger partial charge in [0.05, 0.1) is 0 Å². The van der Waals surface area contributed by atoms with Crippen LogP contribution in [0, 0.1) is 5.82 Å². The molecular formula is C11H12BrF. The smallest absolute Gasteiger partial charge is 0.126 e. The maximum Gasteiger partial charge on any atom is 0.126 e. The van der Waals surface area contributed by atoms with E-state index in [1.807, 2.05) is 18.2 Å². The number of alkyl halides is 1. The highest BCUT2D eigenvalue weighted by molar-refractivity contribution is 9.09. The minimum Gasteiger partial charge on any atom is -0.207 e. The van der Waals surface area contributed by atoms with E-state index in [-0.39, 0.29) is 5.82 Å². The molecule has 2 heteroatoms. The number of hydrogen-bond donors (Lipinski definition) is 0. The van der Waals surface area contributed by atoms with Crippen LogP contribution >= 0.6 is 15.9 Å². The van der Waals surface area contributed by atoms with Crippen molar-refractivity contribution in [3.63, 3.8) is 0 Å². The van der Waals surface area contributed by atoms with Gasteiger partial charge in [0.1, 0.15) is 5.82 Å². The average molecular weight is 243 g/mol. The molecule has 0 saturated heterocycles. The molecule has 0 fully saturated rings. The lowest BCUT2D eigenvalue weighted by atomic mass is 10.1. The molecule has 70 valence electrons. The maximum absolute atomic E-state index is 13.1. The van der Waals surface area contributed by atoms with Crippen LogP contribution in [0.2, 0.25) is 0 Å². The van der Waals surface area contributed by atoms with Crippen LogP contribution in [0.1, 0.15) is 12.0 Å². The fourth-order valence-corrected chi connectivity index (χ4v) is 1.32. The summed E-state index contributed by atoms with van der Waals surface area (Å²) in [4.78, 5) is 0. The van der Waals surface area contributed by atoms with Gasteiger partial charge in [-0.1, -0.05) is 46.3 Å². The standard InChI is InChI=1S/C11H12BrF/c12-9-5-1-2-6-10-7-3-4-8-11(10)13/h1-4,7-8H,5-6,9H2. The minimum atomic E-state index is -0.119. The van der Waals surface area contributed by atoms with E-state index in [0.717, 1.165) is 17.3 Å². The molecule has 0 aliphatic carbocycles. The van der Waals surface area contributed by atoms with E-state index in [4.69, 9.17) is 0 Å². The fraction of sp³-hybridized carbons (Fsp3) is 0.273. The highest BCUT2D eigenvalue weighted by Gasteiger charge is 1.95. The summed E-state index contributed by atoms with van der Waals surface area (Å²) in [7, 11) is 0. The van der Waals surface area contributed by atoms with Crippen LogP contribution in [0.3, 0.4) is 0 Å². The quantitative estimate of drug-likeness (QED) is 0.558. The van der Waals surface area contributed by atoms with Gasteiger partial charge in [-0.3, -0.25) is 0 Å². The third kappa shape index (κ3) is 3.73. The average Bonchev–Trinajstić information content (AvgIpc) is 2.15. The molecule has 1 aromatic carbocycles. The van der Waals surface area contributed by atoms with Crippen molar-refractivity contribution >= 4 is 15.9 Å². The summed E-state index contributed by atoms with van der Waals surface area (Å²) in [5.74, 6) is -0.119. The molecule has 0 unspecified atom stereocenters. The summed E-state index contributed by atoms with van der Waals surface area (Å²) >= 11 is 3.32. The molecule has 0 N–H and O–H groups in total. The molecule has 0 saturated carbocycles. The van der Waals surface area contributed by atoms with Gasteiger partial charge < -0.3 is 0 Å². The summed E-state index contributed by atoms with van der Waals surface area (Å²) in [5.41, 5.74) is 0.758. The van der Waals surface area contributed by atoms with Crippen LogP contribution in [0.25, 0.3) is 0 Å². The molecule has 0 aliphatic heterocycles. The lowest BCUT2D eigenvalue weighted by Gasteiger charge is -1.97. The van der Waals surface area contributed by atoms with Crippen LogP contribution < -0.4 is 0 Å². The first-order valence-corrected chi connectivity index (χ1v) is 5.41. The molecule has 0 amide bonds. The maximum atomic E-state index is 13.1. The summed E-state index contributed by atoms with van der Waals surface area (Å²) in [6, 6.07) is 6.87. The molecule has 0 heterocycles. The second kappa shape index (κ2) is 5.92. The zero-order valence-electron chi connectivity index (χ0n) is 7.34. The topological polar surface area (TPSA) is 0 Å². The zero-order chi connectivity index (χ0) is 9.52. The second-order valence-corrected chi connectivity index (χ2v) is 3.54. The van der Waals surface area contributed by atoms with Crippen molar-refractivity contribution in [2.75, 3.05) is 5.33 Å². The predicted octanol–water partition coefficient (Wildman–Crippen LogP) is 3.71. The van der Waals surface area contributed by atoms with Crippen molar-refractivity contribution in [3.05, 3.63) is 47.8 Å². The molecule has 0 bridgehead atoms. The summed E-state index contributed by atoms with van der Waals surface area (Å²) < 4.78 is 13.1. The number of rotatable bonds is 4. The van der Waals surface area contributed by atoms with Crippen LogP contribution in [-0.4, -0.2) is 5.33 Å². The fourth-order valence-electron chi connectivity index (χ4n) is 1.06.